The fourth-order valence-corrected chi connectivity index (χ4v) is 2.33. The molecule has 0 spiro atoms. The maximum atomic E-state index is 13.3. The second-order valence-corrected chi connectivity index (χ2v) is 5.40. The van der Waals surface area contributed by atoms with E-state index in [2.05, 4.69) is 4.98 Å². The lowest BCUT2D eigenvalue weighted by Crippen LogP contribution is -2.07. The normalized spacial score (nSPS) is 10.5. The molecule has 0 saturated carbocycles. The van der Waals surface area contributed by atoms with Crippen molar-refractivity contribution in [3.05, 3.63) is 81.5 Å². The van der Waals surface area contributed by atoms with Gasteiger partial charge in [-0.25, -0.2) is 14.2 Å². The van der Waals surface area contributed by atoms with Crippen LogP contribution in [0, 0.1) is 22.9 Å². The van der Waals surface area contributed by atoms with E-state index in [1.54, 1.807) is 12.1 Å². The number of oxazole rings is 1. The number of ether oxygens (including phenoxy) is 1. The lowest BCUT2D eigenvalue weighted by Gasteiger charge is -2.02. The van der Waals surface area contributed by atoms with E-state index in [1.807, 2.05) is 18.2 Å². The third-order valence-corrected chi connectivity index (χ3v) is 3.59. The van der Waals surface area contributed by atoms with Gasteiger partial charge in [-0.2, -0.15) is 0 Å². The summed E-state index contributed by atoms with van der Waals surface area (Å²) in [5, 5.41) is 11.1. The van der Waals surface area contributed by atoms with Gasteiger partial charge in [0.15, 0.2) is 5.69 Å². The molecule has 1 aromatic heterocycles. The van der Waals surface area contributed by atoms with Gasteiger partial charge in [-0.05, 0) is 24.6 Å². The highest BCUT2D eigenvalue weighted by molar-refractivity contribution is 5.89. The Morgan fingerprint density at radius 3 is 2.69 bits per heavy atom. The van der Waals surface area contributed by atoms with E-state index in [0.29, 0.717) is 0 Å². The van der Waals surface area contributed by atoms with Crippen LogP contribution in [0.15, 0.2) is 52.9 Å². The van der Waals surface area contributed by atoms with E-state index < -0.39 is 22.4 Å². The predicted molar refractivity (Wildman–Crippen MR) is 88.8 cm³/mol. The summed E-state index contributed by atoms with van der Waals surface area (Å²) in [6.07, 6.45) is 0. The minimum Gasteiger partial charge on any atom is -0.456 e. The Kier molecular flexibility index (Phi) is 4.74. The Bertz CT molecular complexity index is 969. The van der Waals surface area contributed by atoms with E-state index >= 15 is 0 Å². The van der Waals surface area contributed by atoms with Crippen molar-refractivity contribution >= 4 is 11.7 Å². The largest absolute Gasteiger partial charge is 0.456 e. The number of nitro groups is 1. The van der Waals surface area contributed by atoms with Gasteiger partial charge in [-0.1, -0.05) is 30.3 Å². The van der Waals surface area contributed by atoms with Crippen LogP contribution in [0.1, 0.15) is 21.8 Å². The summed E-state index contributed by atoms with van der Waals surface area (Å²) in [4.78, 5) is 26.6. The third-order valence-electron chi connectivity index (χ3n) is 3.59. The number of benzene rings is 2. The molecule has 0 aliphatic heterocycles. The second-order valence-electron chi connectivity index (χ2n) is 5.40. The molecule has 0 saturated heterocycles. The molecule has 0 unspecified atom stereocenters. The summed E-state index contributed by atoms with van der Waals surface area (Å²) in [6, 6.07) is 12.1. The summed E-state index contributed by atoms with van der Waals surface area (Å²) >= 11 is 0. The summed E-state index contributed by atoms with van der Waals surface area (Å²) in [5.74, 6) is -1.48. The highest BCUT2D eigenvalue weighted by Gasteiger charge is 2.25. The predicted octanol–water partition coefficient (Wildman–Crippen LogP) is 4.05. The first-order chi connectivity index (χ1) is 12.5. The molecular formula is C18H13FN2O5. The Balaban J connectivity index is 1.85. The van der Waals surface area contributed by atoms with E-state index in [9.17, 15) is 19.3 Å². The Morgan fingerprint density at radius 1 is 1.27 bits per heavy atom. The summed E-state index contributed by atoms with van der Waals surface area (Å²) in [5.41, 5.74) is 0.183. The molecular weight excluding hydrogens is 343 g/mol. The van der Waals surface area contributed by atoms with Gasteiger partial charge in [-0.15, -0.1) is 0 Å². The van der Waals surface area contributed by atoms with Crippen molar-refractivity contribution in [1.82, 2.24) is 4.98 Å². The Labute approximate surface area is 147 Å². The van der Waals surface area contributed by atoms with E-state index in [1.165, 1.54) is 13.0 Å². The maximum Gasteiger partial charge on any atom is 0.360 e. The highest BCUT2D eigenvalue weighted by atomic mass is 19.1. The molecule has 0 bridgehead atoms. The van der Waals surface area contributed by atoms with E-state index in [4.69, 9.17) is 9.15 Å². The molecule has 7 nitrogen and oxygen atoms in total. The molecule has 0 atom stereocenters. The van der Waals surface area contributed by atoms with Crippen LogP contribution in [0.3, 0.4) is 0 Å². The molecule has 3 aromatic rings. The fraction of sp³-hybridized carbons (Fsp3) is 0.111. The zero-order valence-electron chi connectivity index (χ0n) is 13.6. The first-order valence-corrected chi connectivity index (χ1v) is 7.58. The average molecular weight is 356 g/mol. The molecule has 3 rings (SSSR count). The van der Waals surface area contributed by atoms with Crippen LogP contribution in [-0.2, 0) is 11.3 Å². The van der Waals surface area contributed by atoms with Gasteiger partial charge in [-0.3, -0.25) is 10.1 Å². The van der Waals surface area contributed by atoms with Gasteiger partial charge < -0.3 is 9.15 Å². The Morgan fingerprint density at radius 2 is 2.00 bits per heavy atom. The molecule has 1 heterocycles. The zero-order chi connectivity index (χ0) is 18.7. The molecule has 8 heteroatoms. The van der Waals surface area contributed by atoms with Crippen molar-refractivity contribution in [2.75, 3.05) is 0 Å². The van der Waals surface area contributed by atoms with Gasteiger partial charge in [0.25, 0.3) is 5.69 Å². The van der Waals surface area contributed by atoms with Gasteiger partial charge in [0, 0.05) is 0 Å². The molecule has 2 aromatic carbocycles. The number of esters is 1. The van der Waals surface area contributed by atoms with Crippen LogP contribution in [0.2, 0.25) is 0 Å². The van der Waals surface area contributed by atoms with Crippen LogP contribution in [-0.4, -0.2) is 15.9 Å². The topological polar surface area (TPSA) is 95.5 Å². The number of aromatic nitrogens is 1. The first kappa shape index (κ1) is 17.3. The first-order valence-electron chi connectivity index (χ1n) is 7.58. The van der Waals surface area contributed by atoms with Crippen LogP contribution in [0.25, 0.3) is 11.5 Å². The number of nitro benzene ring substituents is 1. The van der Waals surface area contributed by atoms with Gasteiger partial charge >= 0.3 is 5.97 Å². The molecule has 132 valence electrons. The minimum absolute atomic E-state index is 0.0263. The number of nitrogens with zero attached hydrogens (tertiary/aromatic N) is 2. The molecule has 26 heavy (non-hydrogen) atoms. The molecule has 0 fully saturated rings. The van der Waals surface area contributed by atoms with Crippen molar-refractivity contribution in [3.8, 4) is 11.5 Å². The minimum atomic E-state index is -0.758. The fourth-order valence-electron chi connectivity index (χ4n) is 2.33. The summed E-state index contributed by atoms with van der Waals surface area (Å²) in [7, 11) is 0. The number of carbonyl (C=O) groups is 1. The average Bonchev–Trinajstić information content (AvgIpc) is 3.02. The summed E-state index contributed by atoms with van der Waals surface area (Å²) in [6.45, 7) is 1.54. The van der Waals surface area contributed by atoms with Crippen LogP contribution < -0.4 is 0 Å². The van der Waals surface area contributed by atoms with Crippen molar-refractivity contribution in [2.24, 2.45) is 0 Å². The zero-order valence-corrected chi connectivity index (χ0v) is 13.6. The summed E-state index contributed by atoms with van der Waals surface area (Å²) < 4.78 is 23.8. The van der Waals surface area contributed by atoms with Crippen LogP contribution in [0.5, 0.6) is 0 Å². The van der Waals surface area contributed by atoms with Gasteiger partial charge in [0.05, 0.1) is 11.0 Å². The highest BCUT2D eigenvalue weighted by Crippen LogP contribution is 2.31. The molecule has 0 aliphatic carbocycles. The quantitative estimate of drug-likeness (QED) is 0.389. The van der Waals surface area contributed by atoms with Gasteiger partial charge in [0.2, 0.25) is 5.89 Å². The van der Waals surface area contributed by atoms with Crippen molar-refractivity contribution in [1.29, 1.82) is 0 Å². The SMILES string of the molecule is Cc1oc(-c2ccc(F)cc2[N+](=O)[O-])nc1C(=O)OCc1ccccc1. The lowest BCUT2D eigenvalue weighted by molar-refractivity contribution is -0.384. The number of aryl methyl sites for hydroxylation is 1. The molecule has 0 radical (unpaired) electrons. The van der Waals surface area contributed by atoms with E-state index in [-0.39, 0.29) is 29.5 Å². The Hall–Kier alpha value is -3.55. The van der Waals surface area contributed by atoms with Crippen molar-refractivity contribution < 1.29 is 23.3 Å². The number of halogens is 1. The molecule has 0 amide bonds. The number of rotatable bonds is 5. The smallest absolute Gasteiger partial charge is 0.360 e. The van der Waals surface area contributed by atoms with Gasteiger partial charge in [0.1, 0.15) is 23.7 Å². The third kappa shape index (κ3) is 3.59. The molecule has 0 aliphatic rings. The number of hydrogen-bond acceptors (Lipinski definition) is 6. The second kappa shape index (κ2) is 7.14. The number of carbonyl (C=O) groups excluding carboxylic acids is 1. The number of hydrogen-bond donors (Lipinski definition) is 0. The van der Waals surface area contributed by atoms with Crippen LogP contribution in [0.4, 0.5) is 10.1 Å². The monoisotopic (exact) mass is 356 g/mol. The standard InChI is InChI=1S/C18H13FN2O5/c1-11-16(18(22)25-10-12-5-3-2-4-6-12)20-17(26-11)14-8-7-13(19)9-15(14)21(23)24/h2-9H,10H2,1H3. The van der Waals surface area contributed by atoms with Crippen molar-refractivity contribution in [2.45, 2.75) is 13.5 Å². The van der Waals surface area contributed by atoms with Crippen molar-refractivity contribution in [3.63, 3.8) is 0 Å². The lowest BCUT2D eigenvalue weighted by atomic mass is 10.2. The molecule has 0 N–H and O–H groups in total. The van der Waals surface area contributed by atoms with Crippen LogP contribution >= 0.6 is 0 Å². The maximum absolute atomic E-state index is 13.3. The van der Waals surface area contributed by atoms with E-state index in [0.717, 1.165) is 17.7 Å².